The van der Waals surface area contributed by atoms with Crippen molar-refractivity contribution in [2.45, 2.75) is 19.8 Å². The summed E-state index contributed by atoms with van der Waals surface area (Å²) in [6.07, 6.45) is 2.98. The molecule has 1 aromatic heterocycles. The molecular formula is C18H21ClN4O2. The minimum Gasteiger partial charge on any atom is -0.437 e. The minimum absolute atomic E-state index is 0.229. The first-order valence-electron chi connectivity index (χ1n) is 8.44. The van der Waals surface area contributed by atoms with Crippen LogP contribution < -0.4 is 9.64 Å². The van der Waals surface area contributed by atoms with Gasteiger partial charge < -0.3 is 14.5 Å². The Kier molecular flexibility index (Phi) is 5.71. The fraction of sp³-hybridized carbons (Fsp3) is 0.389. The molecule has 1 amide bonds. The summed E-state index contributed by atoms with van der Waals surface area (Å²) in [7, 11) is 0. The van der Waals surface area contributed by atoms with Crippen molar-refractivity contribution in [3.8, 4) is 11.6 Å². The van der Waals surface area contributed by atoms with Crippen molar-refractivity contribution in [3.05, 3.63) is 41.7 Å². The molecule has 1 fully saturated rings. The maximum atomic E-state index is 12.0. The third-order valence-electron chi connectivity index (χ3n) is 4.10. The summed E-state index contributed by atoms with van der Waals surface area (Å²) in [4.78, 5) is 24.5. The van der Waals surface area contributed by atoms with E-state index in [1.165, 1.54) is 6.33 Å². The smallest absolute Gasteiger partial charge is 0.224 e. The van der Waals surface area contributed by atoms with Gasteiger partial charge in [-0.2, -0.15) is 0 Å². The van der Waals surface area contributed by atoms with Crippen LogP contribution in [0.15, 0.2) is 36.7 Å². The molecular weight excluding hydrogens is 340 g/mol. The lowest BCUT2D eigenvalue weighted by Gasteiger charge is -2.35. The first-order valence-corrected chi connectivity index (χ1v) is 8.82. The van der Waals surface area contributed by atoms with Crippen LogP contribution >= 0.6 is 11.6 Å². The third-order valence-corrected chi connectivity index (χ3v) is 4.41. The number of rotatable bonds is 5. The van der Waals surface area contributed by atoms with E-state index in [0.29, 0.717) is 36.2 Å². The Morgan fingerprint density at radius 3 is 2.68 bits per heavy atom. The van der Waals surface area contributed by atoms with Crippen molar-refractivity contribution in [2.24, 2.45) is 0 Å². The molecule has 0 unspecified atom stereocenters. The molecule has 0 atom stereocenters. The SMILES string of the molecule is CCCC(=O)N1CCN(c2cc(Oc3ccccc3Cl)ncn2)CC1. The zero-order chi connectivity index (χ0) is 17.6. The lowest BCUT2D eigenvalue weighted by atomic mass is 10.2. The summed E-state index contributed by atoms with van der Waals surface area (Å²) in [5, 5.41) is 0.533. The fourth-order valence-corrected chi connectivity index (χ4v) is 2.93. The van der Waals surface area contributed by atoms with Crippen LogP contribution in [-0.4, -0.2) is 47.0 Å². The molecule has 0 radical (unpaired) electrons. The van der Waals surface area contributed by atoms with Crippen molar-refractivity contribution in [1.82, 2.24) is 14.9 Å². The van der Waals surface area contributed by atoms with Crippen LogP contribution in [0.25, 0.3) is 0 Å². The number of anilines is 1. The van der Waals surface area contributed by atoms with Gasteiger partial charge in [0.05, 0.1) is 5.02 Å². The van der Waals surface area contributed by atoms with Gasteiger partial charge >= 0.3 is 0 Å². The highest BCUT2D eigenvalue weighted by Crippen LogP contribution is 2.28. The molecule has 0 N–H and O–H groups in total. The van der Waals surface area contributed by atoms with Crippen LogP contribution in [0.2, 0.25) is 5.02 Å². The average Bonchev–Trinajstić information content (AvgIpc) is 2.64. The van der Waals surface area contributed by atoms with E-state index in [2.05, 4.69) is 14.9 Å². The quantitative estimate of drug-likeness (QED) is 0.818. The highest BCUT2D eigenvalue weighted by Gasteiger charge is 2.21. The summed E-state index contributed by atoms with van der Waals surface area (Å²) >= 11 is 6.12. The topological polar surface area (TPSA) is 58.6 Å². The zero-order valence-electron chi connectivity index (χ0n) is 14.2. The molecule has 1 aromatic carbocycles. The van der Waals surface area contributed by atoms with Gasteiger partial charge in [-0.1, -0.05) is 30.7 Å². The van der Waals surface area contributed by atoms with Crippen LogP contribution in [0.4, 0.5) is 5.82 Å². The van der Waals surface area contributed by atoms with E-state index in [1.54, 1.807) is 18.2 Å². The van der Waals surface area contributed by atoms with Gasteiger partial charge in [0, 0.05) is 38.7 Å². The van der Waals surface area contributed by atoms with Gasteiger partial charge in [0.15, 0.2) is 0 Å². The van der Waals surface area contributed by atoms with Crippen LogP contribution in [0, 0.1) is 0 Å². The van der Waals surface area contributed by atoms with Crippen LogP contribution in [0.5, 0.6) is 11.6 Å². The molecule has 0 saturated carbocycles. The highest BCUT2D eigenvalue weighted by molar-refractivity contribution is 6.32. The van der Waals surface area contributed by atoms with Crippen molar-refractivity contribution in [3.63, 3.8) is 0 Å². The number of hydrogen-bond donors (Lipinski definition) is 0. The Balaban J connectivity index is 1.64. The number of ether oxygens (including phenoxy) is 1. The predicted octanol–water partition coefficient (Wildman–Crippen LogP) is 3.37. The molecule has 0 spiro atoms. The third kappa shape index (κ3) is 4.39. The largest absolute Gasteiger partial charge is 0.437 e. The lowest BCUT2D eigenvalue weighted by molar-refractivity contribution is -0.131. The molecule has 1 aliphatic heterocycles. The summed E-state index contributed by atoms with van der Waals surface area (Å²) in [6.45, 7) is 4.94. The molecule has 0 aliphatic carbocycles. The number of amides is 1. The number of carbonyl (C=O) groups excluding carboxylic acids is 1. The predicted molar refractivity (Wildman–Crippen MR) is 97.3 cm³/mol. The molecule has 3 rings (SSSR count). The van der Waals surface area contributed by atoms with E-state index >= 15 is 0 Å². The summed E-state index contributed by atoms with van der Waals surface area (Å²) in [6, 6.07) is 9.07. The Hall–Kier alpha value is -2.34. The molecule has 25 heavy (non-hydrogen) atoms. The zero-order valence-corrected chi connectivity index (χ0v) is 14.9. The molecule has 1 saturated heterocycles. The number of aromatic nitrogens is 2. The lowest BCUT2D eigenvalue weighted by Crippen LogP contribution is -2.49. The second-order valence-corrected chi connectivity index (χ2v) is 6.27. The summed E-state index contributed by atoms with van der Waals surface area (Å²) in [5.41, 5.74) is 0. The number of carbonyl (C=O) groups is 1. The molecule has 2 heterocycles. The Labute approximate surface area is 152 Å². The van der Waals surface area contributed by atoms with E-state index in [9.17, 15) is 4.79 Å². The summed E-state index contributed by atoms with van der Waals surface area (Å²) in [5.74, 6) is 2.03. The molecule has 7 heteroatoms. The van der Waals surface area contributed by atoms with E-state index < -0.39 is 0 Å². The molecule has 2 aromatic rings. The monoisotopic (exact) mass is 360 g/mol. The van der Waals surface area contributed by atoms with Crippen LogP contribution in [0.3, 0.4) is 0 Å². The number of benzene rings is 1. The van der Waals surface area contributed by atoms with E-state index in [4.69, 9.17) is 16.3 Å². The maximum Gasteiger partial charge on any atom is 0.224 e. The van der Waals surface area contributed by atoms with Crippen LogP contribution in [-0.2, 0) is 4.79 Å². The second-order valence-electron chi connectivity index (χ2n) is 5.86. The van der Waals surface area contributed by atoms with E-state index in [1.807, 2.05) is 24.0 Å². The fourth-order valence-electron chi connectivity index (χ4n) is 2.76. The molecule has 0 bridgehead atoms. The van der Waals surface area contributed by atoms with Gasteiger partial charge in [0.1, 0.15) is 17.9 Å². The number of para-hydroxylation sites is 1. The van der Waals surface area contributed by atoms with Gasteiger partial charge in [0.25, 0.3) is 0 Å². The van der Waals surface area contributed by atoms with Gasteiger partial charge in [-0.05, 0) is 18.6 Å². The Bertz CT molecular complexity index is 733. The van der Waals surface area contributed by atoms with Crippen molar-refractivity contribution < 1.29 is 9.53 Å². The van der Waals surface area contributed by atoms with Crippen molar-refractivity contribution in [2.75, 3.05) is 31.1 Å². The Morgan fingerprint density at radius 2 is 1.96 bits per heavy atom. The second kappa shape index (κ2) is 8.16. The first-order chi connectivity index (χ1) is 12.2. The molecule has 1 aliphatic rings. The van der Waals surface area contributed by atoms with Crippen LogP contribution in [0.1, 0.15) is 19.8 Å². The highest BCUT2D eigenvalue weighted by atomic mass is 35.5. The van der Waals surface area contributed by atoms with Gasteiger partial charge in [-0.25, -0.2) is 9.97 Å². The van der Waals surface area contributed by atoms with Crippen molar-refractivity contribution >= 4 is 23.3 Å². The average molecular weight is 361 g/mol. The first kappa shape index (κ1) is 17.5. The molecule has 6 nitrogen and oxygen atoms in total. The number of halogens is 1. The minimum atomic E-state index is 0.229. The maximum absolute atomic E-state index is 12.0. The normalized spacial score (nSPS) is 14.5. The van der Waals surface area contributed by atoms with Crippen molar-refractivity contribution in [1.29, 1.82) is 0 Å². The number of piperazine rings is 1. The van der Waals surface area contributed by atoms with Gasteiger partial charge in [-0.3, -0.25) is 4.79 Å². The number of hydrogen-bond acceptors (Lipinski definition) is 5. The summed E-state index contributed by atoms with van der Waals surface area (Å²) < 4.78 is 5.76. The van der Waals surface area contributed by atoms with Gasteiger partial charge in [0.2, 0.25) is 11.8 Å². The molecule has 132 valence electrons. The number of nitrogens with zero attached hydrogens (tertiary/aromatic N) is 4. The van der Waals surface area contributed by atoms with E-state index in [0.717, 1.165) is 25.3 Å². The standard InChI is InChI=1S/C18H21ClN4O2/c1-2-5-18(24)23-10-8-22(9-11-23)16-12-17(21-13-20-16)25-15-7-4-3-6-14(15)19/h3-4,6-7,12-13H,2,5,8-11H2,1H3. The van der Waals surface area contributed by atoms with Gasteiger partial charge in [-0.15, -0.1) is 0 Å². The Morgan fingerprint density at radius 1 is 1.20 bits per heavy atom. The van der Waals surface area contributed by atoms with E-state index in [-0.39, 0.29) is 5.91 Å².